The molecule has 98 valence electrons. The third kappa shape index (κ3) is 3.70. The first-order valence-electron chi connectivity index (χ1n) is 5.82. The van der Waals surface area contributed by atoms with Crippen LogP contribution in [0.4, 0.5) is 10.5 Å². The Morgan fingerprint density at radius 1 is 1.32 bits per heavy atom. The van der Waals surface area contributed by atoms with Gasteiger partial charge in [-0.1, -0.05) is 30.3 Å². The average molecular weight is 258 g/mol. The van der Waals surface area contributed by atoms with Crippen LogP contribution in [-0.4, -0.2) is 11.1 Å². The molecule has 0 fully saturated rings. The Balaban J connectivity index is 1.93. The van der Waals surface area contributed by atoms with Gasteiger partial charge in [0.1, 0.15) is 6.61 Å². The molecule has 19 heavy (non-hydrogen) atoms. The minimum Gasteiger partial charge on any atom is -0.444 e. The number of aryl methyl sites for hydroxylation is 1. The molecule has 0 saturated carbocycles. The summed E-state index contributed by atoms with van der Waals surface area (Å²) in [5.41, 5.74) is 1.91. The smallest absolute Gasteiger partial charge is 0.412 e. The third-order valence-electron chi connectivity index (χ3n) is 2.58. The first-order valence-corrected chi connectivity index (χ1v) is 5.82. The van der Waals surface area contributed by atoms with Crippen LogP contribution in [0.3, 0.4) is 0 Å². The number of H-pyrrole nitrogens is 1. The van der Waals surface area contributed by atoms with E-state index in [-0.39, 0.29) is 12.2 Å². The molecule has 0 aliphatic carbocycles. The molecule has 2 aromatic rings. The highest BCUT2D eigenvalue weighted by Crippen LogP contribution is 2.10. The quantitative estimate of drug-likeness (QED) is 0.888. The van der Waals surface area contributed by atoms with Gasteiger partial charge in [0.15, 0.2) is 0 Å². The Morgan fingerprint density at radius 2 is 2.05 bits per heavy atom. The Bertz CT molecular complexity index is 620. The SMILES string of the molecule is Cc1cc(=O)[nH]cc1NC(=O)OCc1ccccc1. The summed E-state index contributed by atoms with van der Waals surface area (Å²) in [5, 5.41) is 2.58. The molecule has 1 amide bonds. The molecular weight excluding hydrogens is 244 g/mol. The van der Waals surface area contributed by atoms with Crippen LogP contribution in [0.2, 0.25) is 0 Å². The zero-order valence-electron chi connectivity index (χ0n) is 10.5. The number of carbonyl (C=O) groups is 1. The highest BCUT2D eigenvalue weighted by atomic mass is 16.5. The molecule has 0 atom stereocenters. The van der Waals surface area contributed by atoms with Crippen molar-refractivity contribution in [3.63, 3.8) is 0 Å². The molecule has 1 heterocycles. The van der Waals surface area contributed by atoms with Crippen molar-refractivity contribution in [3.8, 4) is 0 Å². The Kier molecular flexibility index (Phi) is 3.97. The van der Waals surface area contributed by atoms with Gasteiger partial charge in [0.2, 0.25) is 5.56 Å². The largest absolute Gasteiger partial charge is 0.444 e. The van der Waals surface area contributed by atoms with E-state index in [0.717, 1.165) is 5.56 Å². The third-order valence-corrected chi connectivity index (χ3v) is 2.58. The predicted molar refractivity (Wildman–Crippen MR) is 72.0 cm³/mol. The van der Waals surface area contributed by atoms with Crippen molar-refractivity contribution in [2.45, 2.75) is 13.5 Å². The van der Waals surface area contributed by atoms with Crippen LogP contribution in [0.1, 0.15) is 11.1 Å². The van der Waals surface area contributed by atoms with E-state index in [0.29, 0.717) is 11.3 Å². The van der Waals surface area contributed by atoms with Crippen molar-refractivity contribution >= 4 is 11.8 Å². The normalized spacial score (nSPS) is 9.95. The lowest BCUT2D eigenvalue weighted by Gasteiger charge is -2.08. The molecule has 0 unspecified atom stereocenters. The van der Waals surface area contributed by atoms with Crippen molar-refractivity contribution in [1.29, 1.82) is 0 Å². The summed E-state index contributed by atoms with van der Waals surface area (Å²) in [5.74, 6) is 0. The summed E-state index contributed by atoms with van der Waals surface area (Å²) >= 11 is 0. The van der Waals surface area contributed by atoms with E-state index in [1.165, 1.54) is 12.3 Å². The van der Waals surface area contributed by atoms with Gasteiger partial charge in [0.05, 0.1) is 5.69 Å². The number of amides is 1. The zero-order chi connectivity index (χ0) is 13.7. The van der Waals surface area contributed by atoms with Crippen LogP contribution < -0.4 is 10.9 Å². The van der Waals surface area contributed by atoms with Gasteiger partial charge in [-0.2, -0.15) is 0 Å². The fourth-order valence-corrected chi connectivity index (χ4v) is 1.58. The molecule has 0 spiro atoms. The number of aromatic amines is 1. The summed E-state index contributed by atoms with van der Waals surface area (Å²) in [6.45, 7) is 1.94. The molecule has 5 nitrogen and oxygen atoms in total. The summed E-state index contributed by atoms with van der Waals surface area (Å²) in [4.78, 5) is 25.1. The fourth-order valence-electron chi connectivity index (χ4n) is 1.58. The molecule has 0 radical (unpaired) electrons. The molecule has 2 N–H and O–H groups in total. The fraction of sp³-hybridized carbons (Fsp3) is 0.143. The molecule has 5 heteroatoms. The molecule has 0 aliphatic heterocycles. The van der Waals surface area contributed by atoms with Crippen molar-refractivity contribution in [3.05, 3.63) is 64.1 Å². The van der Waals surface area contributed by atoms with E-state index >= 15 is 0 Å². The van der Waals surface area contributed by atoms with E-state index in [1.807, 2.05) is 30.3 Å². The molecule has 2 rings (SSSR count). The maximum Gasteiger partial charge on any atom is 0.412 e. The van der Waals surface area contributed by atoms with Gasteiger partial charge in [-0.15, -0.1) is 0 Å². The molecule has 1 aromatic carbocycles. The number of pyridine rings is 1. The van der Waals surface area contributed by atoms with E-state index in [2.05, 4.69) is 10.3 Å². The van der Waals surface area contributed by atoms with Gasteiger partial charge in [-0.25, -0.2) is 4.79 Å². The van der Waals surface area contributed by atoms with Crippen molar-refractivity contribution in [1.82, 2.24) is 4.98 Å². The maximum atomic E-state index is 11.6. The Labute approximate surface area is 110 Å². The van der Waals surface area contributed by atoms with Gasteiger partial charge in [0, 0.05) is 12.3 Å². The maximum absolute atomic E-state index is 11.6. The second-order valence-corrected chi connectivity index (χ2v) is 4.08. The lowest BCUT2D eigenvalue weighted by Crippen LogP contribution is -2.16. The van der Waals surface area contributed by atoms with Crippen LogP contribution in [0.5, 0.6) is 0 Å². The lowest BCUT2D eigenvalue weighted by atomic mass is 10.2. The van der Waals surface area contributed by atoms with Crippen LogP contribution in [0.15, 0.2) is 47.4 Å². The minimum absolute atomic E-state index is 0.203. The standard InChI is InChI=1S/C14H14N2O3/c1-10-7-13(17)15-8-12(10)16-14(18)19-9-11-5-3-2-4-6-11/h2-8H,9H2,1H3,(H,15,17)(H,16,18). The van der Waals surface area contributed by atoms with Crippen LogP contribution >= 0.6 is 0 Å². The van der Waals surface area contributed by atoms with Gasteiger partial charge in [-0.05, 0) is 18.1 Å². The van der Waals surface area contributed by atoms with Crippen molar-refractivity contribution in [2.75, 3.05) is 5.32 Å². The van der Waals surface area contributed by atoms with Gasteiger partial charge in [0.25, 0.3) is 0 Å². The van der Waals surface area contributed by atoms with Gasteiger partial charge >= 0.3 is 6.09 Å². The zero-order valence-corrected chi connectivity index (χ0v) is 10.5. The second-order valence-electron chi connectivity index (χ2n) is 4.08. The Morgan fingerprint density at radius 3 is 2.74 bits per heavy atom. The molecule has 0 bridgehead atoms. The highest BCUT2D eigenvalue weighted by Gasteiger charge is 2.06. The number of hydrogen-bond donors (Lipinski definition) is 2. The van der Waals surface area contributed by atoms with Crippen molar-refractivity contribution in [2.24, 2.45) is 0 Å². The van der Waals surface area contributed by atoms with E-state index in [9.17, 15) is 9.59 Å². The molecule has 1 aromatic heterocycles. The van der Waals surface area contributed by atoms with E-state index in [4.69, 9.17) is 4.74 Å². The minimum atomic E-state index is -0.556. The summed E-state index contributed by atoms with van der Waals surface area (Å²) < 4.78 is 5.08. The number of carbonyl (C=O) groups excluding carboxylic acids is 1. The second kappa shape index (κ2) is 5.86. The summed E-state index contributed by atoms with van der Waals surface area (Å²) in [7, 11) is 0. The average Bonchev–Trinajstić information content (AvgIpc) is 2.41. The monoisotopic (exact) mass is 258 g/mol. The molecule has 0 saturated heterocycles. The number of hydrogen-bond acceptors (Lipinski definition) is 3. The number of benzene rings is 1. The first kappa shape index (κ1) is 12.9. The topological polar surface area (TPSA) is 71.2 Å². The summed E-state index contributed by atoms with van der Waals surface area (Å²) in [6, 6.07) is 10.8. The number of aromatic nitrogens is 1. The number of ether oxygens (including phenoxy) is 1. The first-order chi connectivity index (χ1) is 9.15. The van der Waals surface area contributed by atoms with E-state index < -0.39 is 6.09 Å². The van der Waals surface area contributed by atoms with Crippen LogP contribution in [0, 0.1) is 6.92 Å². The number of rotatable bonds is 3. The van der Waals surface area contributed by atoms with Crippen LogP contribution in [0.25, 0.3) is 0 Å². The predicted octanol–water partition coefficient (Wildman–Crippen LogP) is 2.43. The summed E-state index contributed by atoms with van der Waals surface area (Å²) in [6.07, 6.45) is 0.889. The number of anilines is 1. The Hall–Kier alpha value is -2.56. The van der Waals surface area contributed by atoms with Crippen molar-refractivity contribution < 1.29 is 9.53 Å². The highest BCUT2D eigenvalue weighted by molar-refractivity contribution is 5.85. The van der Waals surface area contributed by atoms with Gasteiger partial charge in [-0.3, -0.25) is 10.1 Å². The van der Waals surface area contributed by atoms with E-state index in [1.54, 1.807) is 6.92 Å². The molecule has 0 aliphatic rings. The lowest BCUT2D eigenvalue weighted by molar-refractivity contribution is 0.155. The number of nitrogens with one attached hydrogen (secondary N) is 2. The van der Waals surface area contributed by atoms with Crippen LogP contribution in [-0.2, 0) is 11.3 Å². The van der Waals surface area contributed by atoms with Gasteiger partial charge < -0.3 is 9.72 Å². The molecular formula is C14H14N2O3.